The van der Waals surface area contributed by atoms with E-state index in [9.17, 15) is 4.79 Å². The average Bonchev–Trinajstić information content (AvgIpc) is 2.49. The van der Waals surface area contributed by atoms with Gasteiger partial charge in [-0.2, -0.15) is 0 Å². The second kappa shape index (κ2) is 6.31. The minimum absolute atomic E-state index is 0.00290. The lowest BCUT2D eigenvalue weighted by molar-refractivity contribution is 0.0557. The third-order valence-electron chi connectivity index (χ3n) is 4.65. The number of pyridine rings is 1. The summed E-state index contributed by atoms with van der Waals surface area (Å²) in [5.41, 5.74) is 0.923. The third-order valence-corrected chi connectivity index (χ3v) is 5.34. The van der Waals surface area contributed by atoms with E-state index in [4.69, 9.17) is 23.2 Å². The number of hydrogen-bond donors (Lipinski definition) is 0. The number of aromatic nitrogens is 1. The topological polar surface area (TPSA) is 33.2 Å². The Labute approximate surface area is 130 Å². The highest BCUT2D eigenvalue weighted by Gasteiger charge is 2.33. The van der Waals surface area contributed by atoms with Gasteiger partial charge in [-0.1, -0.05) is 49.9 Å². The molecular formula is C15H20Cl2N2O. The number of carbonyl (C=O) groups is 1. The highest BCUT2D eigenvalue weighted by molar-refractivity contribution is 6.41. The minimum atomic E-state index is -0.00290. The predicted molar refractivity (Wildman–Crippen MR) is 82.4 cm³/mol. The molecule has 1 aliphatic rings. The van der Waals surface area contributed by atoms with Gasteiger partial charge in [0.2, 0.25) is 0 Å². The summed E-state index contributed by atoms with van der Waals surface area (Å²) < 4.78 is 0. The van der Waals surface area contributed by atoms with Crippen LogP contribution in [0, 0.1) is 5.41 Å². The second-order valence-corrected chi connectivity index (χ2v) is 6.26. The van der Waals surface area contributed by atoms with Gasteiger partial charge in [0.05, 0.1) is 10.6 Å². The van der Waals surface area contributed by atoms with Gasteiger partial charge >= 0.3 is 0 Å². The Balaban J connectivity index is 2.06. The molecule has 2 heterocycles. The van der Waals surface area contributed by atoms with Gasteiger partial charge in [-0.3, -0.25) is 4.79 Å². The Morgan fingerprint density at radius 1 is 1.30 bits per heavy atom. The van der Waals surface area contributed by atoms with E-state index in [1.807, 2.05) is 4.90 Å². The van der Waals surface area contributed by atoms with Crippen LogP contribution < -0.4 is 0 Å². The molecule has 2 rings (SSSR count). The summed E-state index contributed by atoms with van der Waals surface area (Å²) >= 11 is 11.7. The molecule has 1 fully saturated rings. The van der Waals surface area contributed by atoms with E-state index in [0.29, 0.717) is 16.0 Å². The molecule has 0 bridgehead atoms. The van der Waals surface area contributed by atoms with E-state index in [0.717, 1.165) is 25.9 Å². The molecule has 0 unspecified atom stereocenters. The molecule has 1 aromatic rings. The van der Waals surface area contributed by atoms with Gasteiger partial charge in [0.1, 0.15) is 5.15 Å². The maximum Gasteiger partial charge on any atom is 0.255 e. The summed E-state index contributed by atoms with van der Waals surface area (Å²) in [7, 11) is 0. The van der Waals surface area contributed by atoms with Crippen molar-refractivity contribution in [1.29, 1.82) is 0 Å². The van der Waals surface area contributed by atoms with Crippen molar-refractivity contribution in [3.8, 4) is 0 Å². The third kappa shape index (κ3) is 3.09. The Morgan fingerprint density at radius 3 is 2.40 bits per heavy atom. The summed E-state index contributed by atoms with van der Waals surface area (Å²) in [6, 6.07) is 1.60. The average molecular weight is 315 g/mol. The summed E-state index contributed by atoms with van der Waals surface area (Å²) in [4.78, 5) is 18.3. The second-order valence-electron chi connectivity index (χ2n) is 5.50. The molecule has 5 heteroatoms. The molecule has 1 aromatic heterocycles. The van der Waals surface area contributed by atoms with Crippen LogP contribution in [0.15, 0.2) is 12.3 Å². The highest BCUT2D eigenvalue weighted by atomic mass is 35.5. The van der Waals surface area contributed by atoms with Gasteiger partial charge in [0.15, 0.2) is 0 Å². The van der Waals surface area contributed by atoms with Crippen LogP contribution in [0.25, 0.3) is 0 Å². The van der Waals surface area contributed by atoms with E-state index in [1.54, 1.807) is 6.07 Å². The van der Waals surface area contributed by atoms with Gasteiger partial charge in [-0.25, -0.2) is 4.98 Å². The van der Waals surface area contributed by atoms with Gasteiger partial charge in [0.25, 0.3) is 5.91 Å². The first-order chi connectivity index (χ1) is 9.51. The van der Waals surface area contributed by atoms with E-state index in [2.05, 4.69) is 18.8 Å². The van der Waals surface area contributed by atoms with E-state index in [-0.39, 0.29) is 11.1 Å². The van der Waals surface area contributed by atoms with Crippen molar-refractivity contribution < 1.29 is 4.79 Å². The van der Waals surface area contributed by atoms with E-state index >= 15 is 0 Å². The van der Waals surface area contributed by atoms with Gasteiger partial charge in [-0.15, -0.1) is 0 Å². The normalized spacial score (nSPS) is 18.1. The molecule has 3 nitrogen and oxygen atoms in total. The van der Waals surface area contributed by atoms with E-state index in [1.165, 1.54) is 19.0 Å². The molecule has 1 aliphatic heterocycles. The maximum absolute atomic E-state index is 12.4. The zero-order valence-electron chi connectivity index (χ0n) is 12.0. The van der Waals surface area contributed by atoms with Crippen molar-refractivity contribution in [3.05, 3.63) is 28.0 Å². The fourth-order valence-electron chi connectivity index (χ4n) is 2.86. The molecule has 0 aliphatic carbocycles. The minimum Gasteiger partial charge on any atom is -0.339 e. The molecule has 0 atom stereocenters. The fraction of sp³-hybridized carbons (Fsp3) is 0.600. The summed E-state index contributed by atoms with van der Waals surface area (Å²) in [6.07, 6.45) is 6.00. The Kier molecular flexibility index (Phi) is 4.92. The smallest absolute Gasteiger partial charge is 0.255 e. The van der Waals surface area contributed by atoms with Crippen LogP contribution in [-0.2, 0) is 0 Å². The number of rotatable bonds is 3. The number of piperidine rings is 1. The number of amides is 1. The molecule has 1 amide bonds. The van der Waals surface area contributed by atoms with Crippen molar-refractivity contribution in [3.63, 3.8) is 0 Å². The van der Waals surface area contributed by atoms with Crippen molar-refractivity contribution in [1.82, 2.24) is 9.88 Å². The van der Waals surface area contributed by atoms with Crippen LogP contribution in [0.5, 0.6) is 0 Å². The molecule has 0 saturated carbocycles. The van der Waals surface area contributed by atoms with Crippen LogP contribution in [-0.4, -0.2) is 28.9 Å². The van der Waals surface area contributed by atoms with Crippen molar-refractivity contribution >= 4 is 29.1 Å². The first kappa shape index (κ1) is 15.6. The van der Waals surface area contributed by atoms with Gasteiger partial charge in [-0.05, 0) is 24.3 Å². The number of hydrogen-bond acceptors (Lipinski definition) is 2. The lowest BCUT2D eigenvalue weighted by atomic mass is 9.74. The molecule has 0 spiro atoms. The summed E-state index contributed by atoms with van der Waals surface area (Å²) in [5, 5.41) is 0.559. The first-order valence-corrected chi connectivity index (χ1v) is 7.87. The Morgan fingerprint density at radius 2 is 1.90 bits per heavy atom. The summed E-state index contributed by atoms with van der Waals surface area (Å²) in [6.45, 7) is 6.09. The maximum atomic E-state index is 12.4. The molecule has 110 valence electrons. The van der Waals surface area contributed by atoms with Gasteiger partial charge in [0, 0.05) is 19.3 Å². The van der Waals surface area contributed by atoms with Crippen LogP contribution in [0.3, 0.4) is 0 Å². The zero-order valence-corrected chi connectivity index (χ0v) is 13.5. The SMILES string of the molecule is CCC1(CC)CCN(C(=O)c2cnc(Cl)c(Cl)c2)CC1. The van der Waals surface area contributed by atoms with Crippen LogP contribution in [0.4, 0.5) is 0 Å². The molecule has 0 radical (unpaired) electrons. The molecule has 1 saturated heterocycles. The number of carbonyl (C=O) groups excluding carboxylic acids is 1. The quantitative estimate of drug-likeness (QED) is 0.773. The van der Waals surface area contributed by atoms with Gasteiger partial charge < -0.3 is 4.90 Å². The molecule has 20 heavy (non-hydrogen) atoms. The lowest BCUT2D eigenvalue weighted by Crippen LogP contribution is -2.42. The van der Waals surface area contributed by atoms with Crippen molar-refractivity contribution in [2.45, 2.75) is 39.5 Å². The largest absolute Gasteiger partial charge is 0.339 e. The predicted octanol–water partition coefficient (Wildman–Crippen LogP) is 4.43. The number of halogens is 2. The van der Waals surface area contributed by atoms with Crippen molar-refractivity contribution in [2.24, 2.45) is 5.41 Å². The molecule has 0 N–H and O–H groups in total. The highest BCUT2D eigenvalue weighted by Crippen LogP contribution is 2.38. The number of likely N-dealkylation sites (tertiary alicyclic amines) is 1. The summed E-state index contributed by atoms with van der Waals surface area (Å²) in [5.74, 6) is -0.00290. The Bertz CT molecular complexity index is 491. The molecule has 0 aromatic carbocycles. The monoisotopic (exact) mass is 314 g/mol. The fourth-order valence-corrected chi connectivity index (χ4v) is 3.13. The van der Waals surface area contributed by atoms with Crippen LogP contribution >= 0.6 is 23.2 Å². The van der Waals surface area contributed by atoms with Crippen LogP contribution in [0.1, 0.15) is 49.9 Å². The standard InChI is InChI=1S/C15H20Cl2N2O/c1-3-15(4-2)5-7-19(8-6-15)14(20)11-9-12(16)13(17)18-10-11/h9-10H,3-8H2,1-2H3. The molecular weight excluding hydrogens is 295 g/mol. The zero-order chi connectivity index (χ0) is 14.8. The first-order valence-electron chi connectivity index (χ1n) is 7.11. The Hall–Kier alpha value is -0.800. The van der Waals surface area contributed by atoms with E-state index < -0.39 is 0 Å². The van der Waals surface area contributed by atoms with Crippen molar-refractivity contribution in [2.75, 3.05) is 13.1 Å². The van der Waals surface area contributed by atoms with Crippen LogP contribution in [0.2, 0.25) is 10.2 Å². The number of nitrogens with zero attached hydrogens (tertiary/aromatic N) is 2. The lowest BCUT2D eigenvalue weighted by Gasteiger charge is -2.41.